The van der Waals surface area contributed by atoms with E-state index in [9.17, 15) is 0 Å². The van der Waals surface area contributed by atoms with Gasteiger partial charge in [-0.1, -0.05) is 48.5 Å². The van der Waals surface area contributed by atoms with Crippen molar-refractivity contribution in [3.8, 4) is 0 Å². The van der Waals surface area contributed by atoms with Gasteiger partial charge in [-0.3, -0.25) is 14.7 Å². The molecule has 0 unspecified atom stereocenters. The average Bonchev–Trinajstić information content (AvgIpc) is 3.35. The number of hydrogen-bond acceptors (Lipinski definition) is 3. The van der Waals surface area contributed by atoms with Crippen molar-refractivity contribution in [1.82, 2.24) is 23.8 Å². The third-order valence-corrected chi connectivity index (χ3v) is 7.83. The number of benzene rings is 4. The van der Waals surface area contributed by atoms with Gasteiger partial charge in [-0.2, -0.15) is 0 Å². The number of hydrogen-bond donors (Lipinski definition) is 0. The first-order valence-electron chi connectivity index (χ1n) is 13.4. The van der Waals surface area contributed by atoms with Gasteiger partial charge in [0.1, 0.15) is 0 Å². The summed E-state index contributed by atoms with van der Waals surface area (Å²) in [6, 6.07) is 31.2. The standard InChI is InChI=1S/C33H37N5/c1-34(20-24-14-16-32-28(18-24)26-10-6-8-12-30(26)37(32)4)22-36(3)23-35(2)21-25-15-17-33-29(19-25)27-11-7-9-13-31(27)38(33)5/h6-19H,20-23H2,1-5H3. The smallest absolute Gasteiger partial charge is 0.0515 e. The van der Waals surface area contributed by atoms with Crippen molar-refractivity contribution in [2.45, 2.75) is 13.1 Å². The van der Waals surface area contributed by atoms with Crippen molar-refractivity contribution in [2.75, 3.05) is 34.5 Å². The Morgan fingerprint density at radius 1 is 0.474 bits per heavy atom. The zero-order valence-corrected chi connectivity index (χ0v) is 23.1. The Bertz CT molecular complexity index is 1630. The lowest BCUT2D eigenvalue weighted by molar-refractivity contribution is 0.111. The van der Waals surface area contributed by atoms with E-state index >= 15 is 0 Å². The van der Waals surface area contributed by atoms with E-state index in [2.05, 4.69) is 144 Å². The van der Waals surface area contributed by atoms with Crippen molar-refractivity contribution < 1.29 is 0 Å². The highest BCUT2D eigenvalue weighted by Crippen LogP contribution is 2.30. The average molecular weight is 504 g/mol. The van der Waals surface area contributed by atoms with Gasteiger partial charge in [-0.15, -0.1) is 0 Å². The number of nitrogens with zero attached hydrogens (tertiary/aromatic N) is 5. The second-order valence-electron chi connectivity index (χ2n) is 11.0. The highest BCUT2D eigenvalue weighted by molar-refractivity contribution is 6.09. The van der Waals surface area contributed by atoms with Gasteiger partial charge in [0.15, 0.2) is 0 Å². The summed E-state index contributed by atoms with van der Waals surface area (Å²) in [6.45, 7) is 3.65. The maximum atomic E-state index is 2.39. The van der Waals surface area contributed by atoms with Crippen molar-refractivity contribution in [1.29, 1.82) is 0 Å². The summed E-state index contributed by atoms with van der Waals surface area (Å²) in [5, 5.41) is 5.33. The van der Waals surface area contributed by atoms with E-state index in [4.69, 9.17) is 0 Å². The first-order chi connectivity index (χ1) is 18.4. The molecule has 4 aromatic carbocycles. The first kappa shape index (κ1) is 24.7. The quantitative estimate of drug-likeness (QED) is 0.225. The fourth-order valence-electron chi connectivity index (χ4n) is 6.22. The fraction of sp³-hybridized carbons (Fsp3) is 0.273. The van der Waals surface area contributed by atoms with E-state index in [1.807, 2.05) is 0 Å². The summed E-state index contributed by atoms with van der Waals surface area (Å²) >= 11 is 0. The summed E-state index contributed by atoms with van der Waals surface area (Å²) in [7, 11) is 10.9. The van der Waals surface area contributed by atoms with E-state index in [0.717, 1.165) is 26.4 Å². The van der Waals surface area contributed by atoms with E-state index < -0.39 is 0 Å². The predicted molar refractivity (Wildman–Crippen MR) is 161 cm³/mol. The van der Waals surface area contributed by atoms with Crippen LogP contribution in [0.2, 0.25) is 0 Å². The Hall–Kier alpha value is -3.64. The maximum absolute atomic E-state index is 2.39. The van der Waals surface area contributed by atoms with E-state index in [0.29, 0.717) is 0 Å². The van der Waals surface area contributed by atoms with Crippen LogP contribution in [-0.4, -0.2) is 58.3 Å². The highest BCUT2D eigenvalue weighted by atomic mass is 15.4. The number of fused-ring (bicyclic) bond motifs is 6. The topological polar surface area (TPSA) is 19.6 Å². The summed E-state index contributed by atoms with van der Waals surface area (Å²) in [4.78, 5) is 7.16. The zero-order valence-electron chi connectivity index (χ0n) is 23.1. The van der Waals surface area contributed by atoms with E-state index in [-0.39, 0.29) is 0 Å². The SMILES string of the molecule is CN(Cc1ccc2c(c1)c1ccccc1n2C)CN(C)CN(C)Cc1ccc2c(c1)c1ccccc1n2C. The van der Waals surface area contributed by atoms with Crippen molar-refractivity contribution in [2.24, 2.45) is 14.1 Å². The molecule has 0 saturated carbocycles. The summed E-state index contributed by atoms with van der Waals surface area (Å²) in [5.74, 6) is 0. The van der Waals surface area contributed by atoms with Crippen LogP contribution in [0.5, 0.6) is 0 Å². The van der Waals surface area contributed by atoms with Crippen LogP contribution in [0.3, 0.4) is 0 Å². The number of aromatic nitrogens is 2. The van der Waals surface area contributed by atoms with Crippen LogP contribution in [-0.2, 0) is 27.2 Å². The normalized spacial score (nSPS) is 12.4. The molecule has 194 valence electrons. The molecule has 6 aromatic rings. The van der Waals surface area contributed by atoms with Crippen LogP contribution in [0.1, 0.15) is 11.1 Å². The van der Waals surface area contributed by atoms with Gasteiger partial charge in [-0.25, -0.2) is 0 Å². The lowest BCUT2D eigenvalue weighted by Gasteiger charge is -2.28. The molecule has 0 saturated heterocycles. The van der Waals surface area contributed by atoms with Crippen LogP contribution in [0, 0.1) is 0 Å². The molecule has 38 heavy (non-hydrogen) atoms. The maximum Gasteiger partial charge on any atom is 0.0515 e. The van der Waals surface area contributed by atoms with Gasteiger partial charge in [0.2, 0.25) is 0 Å². The first-order valence-corrected chi connectivity index (χ1v) is 13.4. The van der Waals surface area contributed by atoms with Crippen LogP contribution in [0.25, 0.3) is 43.6 Å². The lowest BCUT2D eigenvalue weighted by Crippen LogP contribution is -2.39. The molecule has 0 N–H and O–H groups in total. The van der Waals surface area contributed by atoms with E-state index in [1.165, 1.54) is 54.7 Å². The summed E-state index contributed by atoms with van der Waals surface area (Å²) in [5.41, 5.74) is 7.85. The van der Waals surface area contributed by atoms with Crippen LogP contribution in [0.4, 0.5) is 0 Å². The molecule has 0 aliphatic carbocycles. The Morgan fingerprint density at radius 2 is 0.868 bits per heavy atom. The van der Waals surface area contributed by atoms with Gasteiger partial charge < -0.3 is 9.13 Å². The highest BCUT2D eigenvalue weighted by Gasteiger charge is 2.13. The molecular formula is C33H37N5. The third-order valence-electron chi connectivity index (χ3n) is 7.83. The van der Waals surface area contributed by atoms with Gasteiger partial charge in [-0.05, 0) is 68.7 Å². The van der Waals surface area contributed by atoms with Gasteiger partial charge in [0, 0.05) is 70.8 Å². The molecule has 0 fully saturated rings. The number of para-hydroxylation sites is 2. The van der Waals surface area contributed by atoms with Crippen molar-refractivity contribution in [3.05, 3.63) is 96.1 Å². The van der Waals surface area contributed by atoms with Gasteiger partial charge in [0.25, 0.3) is 0 Å². The van der Waals surface area contributed by atoms with Crippen LogP contribution in [0.15, 0.2) is 84.9 Å². The molecular weight excluding hydrogens is 466 g/mol. The zero-order chi connectivity index (χ0) is 26.4. The molecule has 6 rings (SSSR count). The molecule has 0 atom stereocenters. The molecule has 2 aromatic heterocycles. The molecule has 5 nitrogen and oxygen atoms in total. The molecule has 0 bridgehead atoms. The van der Waals surface area contributed by atoms with Crippen molar-refractivity contribution in [3.63, 3.8) is 0 Å². The second-order valence-corrected chi connectivity index (χ2v) is 11.0. The second kappa shape index (κ2) is 9.91. The Kier molecular flexibility index (Phi) is 6.44. The van der Waals surface area contributed by atoms with Gasteiger partial charge in [0.05, 0.1) is 13.3 Å². The molecule has 0 amide bonds. The number of aryl methyl sites for hydroxylation is 2. The minimum atomic E-state index is 0.903. The lowest BCUT2D eigenvalue weighted by atomic mass is 10.1. The molecule has 0 aliphatic rings. The van der Waals surface area contributed by atoms with E-state index in [1.54, 1.807) is 0 Å². The molecule has 0 spiro atoms. The Labute approximate surface area is 225 Å². The number of rotatable bonds is 8. The molecule has 2 heterocycles. The predicted octanol–water partition coefficient (Wildman–Crippen LogP) is 6.39. The summed E-state index contributed by atoms with van der Waals surface area (Å²) in [6.07, 6.45) is 0. The summed E-state index contributed by atoms with van der Waals surface area (Å²) < 4.78 is 4.58. The van der Waals surface area contributed by atoms with Crippen LogP contribution >= 0.6 is 0 Å². The molecule has 0 aliphatic heterocycles. The molecule has 0 radical (unpaired) electrons. The fourth-order valence-corrected chi connectivity index (χ4v) is 6.22. The van der Waals surface area contributed by atoms with Crippen molar-refractivity contribution >= 4 is 43.6 Å². The minimum absolute atomic E-state index is 0.903. The monoisotopic (exact) mass is 503 g/mol. The third kappa shape index (κ3) is 4.47. The Morgan fingerprint density at radius 3 is 1.32 bits per heavy atom. The molecule has 5 heteroatoms. The Balaban J connectivity index is 1.09. The minimum Gasteiger partial charge on any atom is -0.344 e. The van der Waals surface area contributed by atoms with Crippen LogP contribution < -0.4 is 0 Å². The largest absolute Gasteiger partial charge is 0.344 e. The van der Waals surface area contributed by atoms with Gasteiger partial charge >= 0.3 is 0 Å².